The maximum absolute atomic E-state index is 15.1. The van der Waals surface area contributed by atoms with Gasteiger partial charge in [0.2, 0.25) is 23.6 Å². The fourth-order valence-electron chi connectivity index (χ4n) is 6.07. The number of nitrogens with zero attached hydrogens (tertiary/aromatic N) is 4. The van der Waals surface area contributed by atoms with Gasteiger partial charge in [-0.3, -0.25) is 24.2 Å². The van der Waals surface area contributed by atoms with Crippen molar-refractivity contribution in [1.29, 1.82) is 5.26 Å². The van der Waals surface area contributed by atoms with Crippen molar-refractivity contribution in [2.75, 3.05) is 16.1 Å². The molecule has 3 aromatic rings. The summed E-state index contributed by atoms with van der Waals surface area (Å²) in [6, 6.07) is 10.6. The van der Waals surface area contributed by atoms with Crippen molar-refractivity contribution < 1.29 is 36.0 Å². The molecule has 3 amide bonds. The zero-order valence-electron chi connectivity index (χ0n) is 25.7. The van der Waals surface area contributed by atoms with E-state index in [1.54, 1.807) is 12.1 Å². The molecule has 5 rings (SSSR count). The van der Waals surface area contributed by atoms with E-state index in [-0.39, 0.29) is 59.2 Å². The van der Waals surface area contributed by atoms with Crippen LogP contribution in [0.5, 0.6) is 0 Å². The number of aromatic nitrogens is 1. The molecule has 2 heterocycles. The average Bonchev–Trinajstić information content (AvgIpc) is 3.39. The minimum Gasteiger partial charge on any atom is -0.351 e. The summed E-state index contributed by atoms with van der Waals surface area (Å²) in [5.41, 5.74) is 0.0608. The Morgan fingerprint density at radius 1 is 1.15 bits per heavy atom. The van der Waals surface area contributed by atoms with Crippen molar-refractivity contribution in [2.24, 2.45) is 0 Å². The topological polar surface area (TPSA) is 141 Å². The molecule has 1 unspecified atom stereocenters. The van der Waals surface area contributed by atoms with E-state index < -0.39 is 75.7 Å². The molecule has 0 bridgehead atoms. The molecule has 48 heavy (non-hydrogen) atoms. The number of pyridine rings is 1. The van der Waals surface area contributed by atoms with Crippen LogP contribution in [-0.4, -0.2) is 55.4 Å². The lowest BCUT2D eigenvalue weighted by atomic mass is 9.91. The van der Waals surface area contributed by atoms with Crippen LogP contribution >= 0.6 is 11.6 Å². The van der Waals surface area contributed by atoms with E-state index in [4.69, 9.17) is 11.6 Å². The van der Waals surface area contributed by atoms with Crippen molar-refractivity contribution in [3.63, 3.8) is 0 Å². The second kappa shape index (κ2) is 13.9. The molecule has 1 N–H and O–H groups in total. The first kappa shape index (κ1) is 34.8. The number of halogens is 4. The summed E-state index contributed by atoms with van der Waals surface area (Å²) in [7, 11) is -4.00. The monoisotopic (exact) mass is 701 g/mol. The number of carbonyl (C=O) groups is 3. The van der Waals surface area contributed by atoms with E-state index in [2.05, 4.69) is 10.3 Å². The Labute approximate surface area is 280 Å². The number of carbonyl (C=O) groups excluding carboxylic acids is 3. The zero-order chi connectivity index (χ0) is 34.8. The summed E-state index contributed by atoms with van der Waals surface area (Å²) in [6.07, 6.45) is 1.07. The minimum absolute atomic E-state index is 0.0337. The first-order valence-corrected chi connectivity index (χ1v) is 17.4. The lowest BCUT2D eigenvalue weighted by molar-refractivity contribution is -0.128. The highest BCUT2D eigenvalue weighted by Gasteiger charge is 2.41. The second-order valence-corrected chi connectivity index (χ2v) is 14.3. The van der Waals surface area contributed by atoms with Crippen molar-refractivity contribution in [3.05, 3.63) is 82.8 Å². The van der Waals surface area contributed by atoms with E-state index in [9.17, 15) is 36.8 Å². The highest BCUT2D eigenvalue weighted by atomic mass is 35.5. The highest BCUT2D eigenvalue weighted by molar-refractivity contribution is 7.90. The fraction of sp³-hybridized carbons (Fsp3) is 0.364. The molecule has 1 aromatic heterocycles. The summed E-state index contributed by atoms with van der Waals surface area (Å²) in [5.74, 6) is -5.70. The Kier molecular flexibility index (Phi) is 10.1. The summed E-state index contributed by atoms with van der Waals surface area (Å²) >= 11 is 6.56. The first-order chi connectivity index (χ1) is 22.7. The van der Waals surface area contributed by atoms with Crippen LogP contribution in [0.25, 0.3) is 0 Å². The standard InChI is InChI=1S/C33H31ClF3N5O5S/c1-48(46,47)25-16-21(35)15-24(17-25)42(30(44)18-23-6-7-29(43)41(23)28-14-20(19-38)10-13-39-28)31(26-4-2-3-5-27(26)34)32(45)40-22-8-11-33(36,37)12-9-22/h2-5,10,13-17,22-23,31H,6-9,11-12,18H2,1H3,(H,40,45)/t23-,31?/m0/s1. The molecule has 2 fully saturated rings. The molecule has 10 nitrogen and oxygen atoms in total. The van der Waals surface area contributed by atoms with Gasteiger partial charge in [-0.1, -0.05) is 29.8 Å². The van der Waals surface area contributed by atoms with Gasteiger partial charge in [-0.25, -0.2) is 26.6 Å². The van der Waals surface area contributed by atoms with E-state index in [0.29, 0.717) is 0 Å². The van der Waals surface area contributed by atoms with Crippen LogP contribution in [0.4, 0.5) is 24.7 Å². The lowest BCUT2D eigenvalue weighted by Crippen LogP contribution is -2.49. The number of anilines is 2. The molecular formula is C33H31ClF3N5O5S. The Morgan fingerprint density at radius 3 is 2.52 bits per heavy atom. The number of nitriles is 1. The van der Waals surface area contributed by atoms with Gasteiger partial charge in [-0.05, 0) is 55.7 Å². The van der Waals surface area contributed by atoms with Gasteiger partial charge in [0.1, 0.15) is 17.7 Å². The zero-order valence-corrected chi connectivity index (χ0v) is 27.3. The van der Waals surface area contributed by atoms with Crippen LogP contribution in [0, 0.1) is 17.1 Å². The van der Waals surface area contributed by atoms with E-state index in [1.807, 2.05) is 6.07 Å². The SMILES string of the molecule is CS(=O)(=O)c1cc(F)cc(N(C(=O)C[C@@H]2CCC(=O)N2c2cc(C#N)ccn2)C(C(=O)NC2CCC(F)(F)CC2)c2ccccc2Cl)c1. The molecular weight excluding hydrogens is 671 g/mol. The molecule has 0 radical (unpaired) electrons. The van der Waals surface area contributed by atoms with Crippen LogP contribution in [0.15, 0.2) is 65.7 Å². The van der Waals surface area contributed by atoms with Gasteiger partial charge in [0.15, 0.2) is 9.84 Å². The van der Waals surface area contributed by atoms with Gasteiger partial charge in [-0.2, -0.15) is 5.26 Å². The number of alkyl halides is 2. The molecule has 2 atom stereocenters. The van der Waals surface area contributed by atoms with Gasteiger partial charge in [0.05, 0.1) is 16.5 Å². The Balaban J connectivity index is 1.60. The van der Waals surface area contributed by atoms with E-state index in [1.165, 1.54) is 35.4 Å². The predicted octanol–water partition coefficient (Wildman–Crippen LogP) is 5.50. The third-order valence-corrected chi connectivity index (χ3v) is 9.89. The molecule has 15 heteroatoms. The van der Waals surface area contributed by atoms with Crippen LogP contribution < -0.4 is 15.1 Å². The van der Waals surface area contributed by atoms with Gasteiger partial charge < -0.3 is 5.32 Å². The van der Waals surface area contributed by atoms with Gasteiger partial charge in [0, 0.05) is 66.5 Å². The van der Waals surface area contributed by atoms with Crippen molar-refractivity contribution in [3.8, 4) is 6.07 Å². The third kappa shape index (κ3) is 7.79. The van der Waals surface area contributed by atoms with Gasteiger partial charge in [0.25, 0.3) is 0 Å². The lowest BCUT2D eigenvalue weighted by Gasteiger charge is -2.36. The quantitative estimate of drug-likeness (QED) is 0.311. The third-order valence-electron chi connectivity index (χ3n) is 8.46. The van der Waals surface area contributed by atoms with Crippen LogP contribution in [0.1, 0.15) is 62.1 Å². The molecule has 1 aliphatic carbocycles. The Bertz CT molecular complexity index is 1890. The Hall–Kier alpha value is -4.48. The fourth-order valence-corrected chi connectivity index (χ4v) is 6.97. The van der Waals surface area contributed by atoms with Crippen molar-refractivity contribution >= 4 is 50.7 Å². The number of sulfone groups is 1. The summed E-state index contributed by atoms with van der Waals surface area (Å²) in [6.45, 7) is 0. The van der Waals surface area contributed by atoms with Gasteiger partial charge in [-0.15, -0.1) is 0 Å². The van der Waals surface area contributed by atoms with E-state index >= 15 is 4.39 Å². The Morgan fingerprint density at radius 2 is 1.85 bits per heavy atom. The smallest absolute Gasteiger partial charge is 0.248 e. The maximum atomic E-state index is 15.1. The van der Waals surface area contributed by atoms with E-state index in [0.717, 1.165) is 29.4 Å². The summed E-state index contributed by atoms with van der Waals surface area (Å²) in [5, 5.41) is 12.2. The summed E-state index contributed by atoms with van der Waals surface area (Å²) in [4.78, 5) is 47.7. The number of nitrogens with one attached hydrogen (secondary N) is 1. The normalized spacial score (nSPS) is 18.6. The van der Waals surface area contributed by atoms with Crippen LogP contribution in [-0.2, 0) is 24.2 Å². The number of benzene rings is 2. The number of hydrogen-bond acceptors (Lipinski definition) is 7. The molecule has 2 aromatic carbocycles. The van der Waals surface area contributed by atoms with Crippen LogP contribution in [0.3, 0.4) is 0 Å². The largest absolute Gasteiger partial charge is 0.351 e. The molecule has 1 aliphatic heterocycles. The van der Waals surface area contributed by atoms with Crippen molar-refractivity contribution in [2.45, 2.75) is 73.9 Å². The minimum atomic E-state index is -4.00. The van der Waals surface area contributed by atoms with Crippen molar-refractivity contribution in [1.82, 2.24) is 10.3 Å². The van der Waals surface area contributed by atoms with Crippen LogP contribution in [0.2, 0.25) is 5.02 Å². The summed E-state index contributed by atoms with van der Waals surface area (Å²) < 4.78 is 68.0. The maximum Gasteiger partial charge on any atom is 0.248 e. The number of rotatable bonds is 9. The molecule has 252 valence electrons. The predicted molar refractivity (Wildman–Crippen MR) is 171 cm³/mol. The molecule has 2 aliphatic rings. The number of amides is 3. The van der Waals surface area contributed by atoms with Gasteiger partial charge >= 0.3 is 0 Å². The molecule has 1 saturated carbocycles. The molecule has 0 spiro atoms. The number of hydrogen-bond donors (Lipinski definition) is 1. The highest BCUT2D eigenvalue weighted by Crippen LogP contribution is 2.38. The second-order valence-electron chi connectivity index (χ2n) is 11.9. The molecule has 1 saturated heterocycles. The average molecular weight is 702 g/mol. The first-order valence-electron chi connectivity index (χ1n) is 15.1.